The van der Waals surface area contributed by atoms with Crippen molar-refractivity contribution in [1.82, 2.24) is 0 Å². The van der Waals surface area contributed by atoms with Gasteiger partial charge < -0.3 is 20.1 Å². The second kappa shape index (κ2) is 1.64. The van der Waals surface area contributed by atoms with Crippen LogP contribution in [0.3, 0.4) is 0 Å². The molecule has 0 aromatic carbocycles. The summed E-state index contributed by atoms with van der Waals surface area (Å²) in [6.45, 7) is 0. The highest BCUT2D eigenvalue weighted by molar-refractivity contribution is 7.81. The van der Waals surface area contributed by atoms with Gasteiger partial charge in [-0.05, 0) is 6.08 Å². The SMILES string of the molecule is O[C@@H]1C=CO[C@]2(O)C(=S)[C@@]12O. The van der Waals surface area contributed by atoms with E-state index in [0.717, 1.165) is 6.26 Å². The van der Waals surface area contributed by atoms with Crippen molar-refractivity contribution in [3.8, 4) is 0 Å². The number of aliphatic hydroxyl groups excluding tert-OH is 1. The molecule has 1 aliphatic heterocycles. The zero-order chi connectivity index (χ0) is 8.28. The van der Waals surface area contributed by atoms with Crippen molar-refractivity contribution in [2.75, 3.05) is 0 Å². The maximum absolute atomic E-state index is 9.43. The minimum absolute atomic E-state index is 0.0671. The van der Waals surface area contributed by atoms with Gasteiger partial charge >= 0.3 is 0 Å². The largest absolute Gasteiger partial charge is 0.462 e. The van der Waals surface area contributed by atoms with Gasteiger partial charge in [0.2, 0.25) is 5.60 Å². The molecule has 3 N–H and O–H groups in total. The van der Waals surface area contributed by atoms with Gasteiger partial charge in [-0.2, -0.15) is 0 Å². The molecule has 11 heavy (non-hydrogen) atoms. The number of thiocarbonyl (C=S) groups is 1. The van der Waals surface area contributed by atoms with E-state index in [1.807, 2.05) is 0 Å². The molecule has 0 radical (unpaired) electrons. The van der Waals surface area contributed by atoms with E-state index < -0.39 is 17.5 Å². The number of rotatable bonds is 0. The fourth-order valence-electron chi connectivity index (χ4n) is 1.18. The molecule has 0 spiro atoms. The minimum Gasteiger partial charge on any atom is -0.462 e. The lowest BCUT2D eigenvalue weighted by Crippen LogP contribution is -2.39. The average Bonchev–Trinajstić information content (AvgIpc) is 2.39. The summed E-state index contributed by atoms with van der Waals surface area (Å²) in [6.07, 6.45) is 1.18. The summed E-state index contributed by atoms with van der Waals surface area (Å²) in [7, 11) is 0. The lowest BCUT2D eigenvalue weighted by Gasteiger charge is -2.20. The fraction of sp³-hybridized carbons (Fsp3) is 0.500. The third-order valence-corrected chi connectivity index (χ3v) is 2.62. The van der Waals surface area contributed by atoms with Crippen molar-refractivity contribution >= 4 is 17.1 Å². The van der Waals surface area contributed by atoms with Gasteiger partial charge in [0.25, 0.3) is 5.79 Å². The van der Waals surface area contributed by atoms with Crippen LogP contribution in [0.5, 0.6) is 0 Å². The molecule has 0 saturated heterocycles. The Morgan fingerprint density at radius 1 is 1.55 bits per heavy atom. The molecule has 4 nitrogen and oxygen atoms in total. The van der Waals surface area contributed by atoms with Crippen LogP contribution in [0.2, 0.25) is 0 Å². The molecule has 3 atom stereocenters. The predicted molar refractivity (Wildman–Crippen MR) is 38.7 cm³/mol. The Bertz CT molecular complexity index is 263. The van der Waals surface area contributed by atoms with Gasteiger partial charge in [0.15, 0.2) is 0 Å². The second-order valence-electron chi connectivity index (χ2n) is 2.63. The molecule has 0 unspecified atom stereocenters. The third kappa shape index (κ3) is 0.540. The van der Waals surface area contributed by atoms with Crippen LogP contribution in [-0.2, 0) is 4.74 Å². The predicted octanol–water partition coefficient (Wildman–Crippen LogP) is -1.31. The molecular formula is C6H6O4S. The van der Waals surface area contributed by atoms with Crippen LogP contribution >= 0.6 is 12.2 Å². The molecule has 0 amide bonds. The van der Waals surface area contributed by atoms with E-state index in [-0.39, 0.29) is 4.86 Å². The summed E-state index contributed by atoms with van der Waals surface area (Å²) < 4.78 is 4.65. The topological polar surface area (TPSA) is 69.9 Å². The molecule has 0 aromatic rings. The van der Waals surface area contributed by atoms with Crippen molar-refractivity contribution in [2.45, 2.75) is 17.5 Å². The molecule has 2 aliphatic rings. The Kier molecular flexibility index (Phi) is 1.07. The number of ether oxygens (including phenoxy) is 1. The van der Waals surface area contributed by atoms with Crippen molar-refractivity contribution in [3.63, 3.8) is 0 Å². The summed E-state index contributed by atoms with van der Waals surface area (Å²) in [6, 6.07) is 0. The van der Waals surface area contributed by atoms with Gasteiger partial charge in [0, 0.05) is 0 Å². The van der Waals surface area contributed by atoms with Crippen LogP contribution in [0, 0.1) is 0 Å². The summed E-state index contributed by atoms with van der Waals surface area (Å²) in [5, 5.41) is 27.9. The maximum atomic E-state index is 9.43. The Balaban J connectivity index is 2.44. The lowest BCUT2D eigenvalue weighted by molar-refractivity contribution is -0.166. The Morgan fingerprint density at radius 3 is 2.64 bits per heavy atom. The molecule has 2 rings (SSSR count). The first kappa shape index (κ1) is 7.17. The van der Waals surface area contributed by atoms with Crippen LogP contribution in [-0.4, -0.2) is 37.7 Å². The normalized spacial score (nSPS) is 53.4. The molecule has 1 aliphatic carbocycles. The highest BCUT2D eigenvalue weighted by atomic mass is 32.1. The summed E-state index contributed by atoms with van der Waals surface area (Å²) in [5.74, 6) is -1.84. The minimum atomic E-state index is -1.84. The van der Waals surface area contributed by atoms with E-state index >= 15 is 0 Å². The molecule has 0 aromatic heterocycles. The highest BCUT2D eigenvalue weighted by Gasteiger charge is 2.80. The highest BCUT2D eigenvalue weighted by Crippen LogP contribution is 2.50. The van der Waals surface area contributed by atoms with Gasteiger partial charge in [0.1, 0.15) is 11.0 Å². The van der Waals surface area contributed by atoms with E-state index in [4.69, 9.17) is 5.11 Å². The Hall–Kier alpha value is -0.490. The monoisotopic (exact) mass is 174 g/mol. The van der Waals surface area contributed by atoms with Crippen LogP contribution in [0.15, 0.2) is 12.3 Å². The number of hydrogen-bond donors (Lipinski definition) is 3. The zero-order valence-electron chi connectivity index (χ0n) is 5.39. The van der Waals surface area contributed by atoms with E-state index in [1.54, 1.807) is 0 Å². The molecular weight excluding hydrogens is 168 g/mol. The van der Waals surface area contributed by atoms with Crippen molar-refractivity contribution in [2.24, 2.45) is 0 Å². The number of hydrogen-bond acceptors (Lipinski definition) is 5. The first-order valence-electron chi connectivity index (χ1n) is 3.05. The van der Waals surface area contributed by atoms with E-state index in [1.165, 1.54) is 6.08 Å². The second-order valence-corrected chi connectivity index (χ2v) is 3.04. The van der Waals surface area contributed by atoms with Crippen LogP contribution < -0.4 is 0 Å². The maximum Gasteiger partial charge on any atom is 0.280 e. The van der Waals surface area contributed by atoms with Gasteiger partial charge in [-0.15, -0.1) is 0 Å². The molecule has 1 heterocycles. The van der Waals surface area contributed by atoms with Crippen molar-refractivity contribution in [3.05, 3.63) is 12.3 Å². The van der Waals surface area contributed by atoms with Gasteiger partial charge in [-0.25, -0.2) is 0 Å². The van der Waals surface area contributed by atoms with Gasteiger partial charge in [0.05, 0.1) is 6.26 Å². The smallest absolute Gasteiger partial charge is 0.280 e. The lowest BCUT2D eigenvalue weighted by atomic mass is 10.1. The quantitative estimate of drug-likeness (QED) is 0.398. The van der Waals surface area contributed by atoms with E-state index in [9.17, 15) is 10.2 Å². The first-order valence-corrected chi connectivity index (χ1v) is 3.46. The average molecular weight is 174 g/mol. The summed E-state index contributed by atoms with van der Waals surface area (Å²) in [5.41, 5.74) is -1.77. The van der Waals surface area contributed by atoms with E-state index in [0.29, 0.717) is 0 Å². The van der Waals surface area contributed by atoms with Gasteiger partial charge in [-0.1, -0.05) is 12.2 Å². The van der Waals surface area contributed by atoms with Crippen LogP contribution in [0.25, 0.3) is 0 Å². The molecule has 60 valence electrons. The van der Waals surface area contributed by atoms with Crippen LogP contribution in [0.4, 0.5) is 0 Å². The standard InChI is InChI=1S/C6H6O4S/c7-3-1-2-10-6(9)4(11)5(3,6)8/h1-3,7-9H/t3-,5+,6-/m1/s1. The summed E-state index contributed by atoms with van der Waals surface area (Å²) >= 11 is 4.61. The van der Waals surface area contributed by atoms with Crippen molar-refractivity contribution in [1.29, 1.82) is 0 Å². The molecule has 1 saturated carbocycles. The third-order valence-electron chi connectivity index (χ3n) is 2.04. The summed E-state index contributed by atoms with van der Waals surface area (Å²) in [4.78, 5) is -0.0671. The Labute approximate surface area is 67.7 Å². The molecule has 5 heteroatoms. The first-order chi connectivity index (χ1) is 5.03. The van der Waals surface area contributed by atoms with E-state index in [2.05, 4.69) is 17.0 Å². The van der Waals surface area contributed by atoms with Crippen LogP contribution in [0.1, 0.15) is 0 Å². The Morgan fingerprint density at radius 2 is 2.18 bits per heavy atom. The molecule has 1 fully saturated rings. The molecule has 0 bridgehead atoms. The number of fused-ring (bicyclic) bond motifs is 1. The van der Waals surface area contributed by atoms with Gasteiger partial charge in [-0.3, -0.25) is 0 Å². The fourth-order valence-corrected chi connectivity index (χ4v) is 1.59. The van der Waals surface area contributed by atoms with Crippen molar-refractivity contribution < 1.29 is 20.1 Å². The zero-order valence-corrected chi connectivity index (χ0v) is 6.21. The number of aliphatic hydroxyl groups is 3.